The molecule has 6 heteroatoms. The van der Waals surface area contributed by atoms with Crippen molar-refractivity contribution in [2.45, 2.75) is 38.5 Å². The molecule has 1 fully saturated rings. The Bertz CT molecular complexity index is 405. The fraction of sp³-hybridized carbons (Fsp3) is 0.727. The zero-order chi connectivity index (χ0) is 12.6. The number of aliphatic imine (C=N–C) groups is 1. The number of rotatable bonds is 0. The maximum absolute atomic E-state index is 11.8. The maximum Gasteiger partial charge on any atom is 0.410 e. The molecular formula is C11H16N4O2. The Balaban J connectivity index is 1.95. The van der Waals surface area contributed by atoms with Crippen molar-refractivity contribution in [3.8, 4) is 6.07 Å². The van der Waals surface area contributed by atoms with E-state index in [-0.39, 0.29) is 18.2 Å². The first-order valence-corrected chi connectivity index (χ1v) is 5.61. The highest BCUT2D eigenvalue weighted by Crippen LogP contribution is 2.20. The molecule has 2 aliphatic heterocycles. The summed E-state index contributed by atoms with van der Waals surface area (Å²) in [5.41, 5.74) is -0.483. The average molecular weight is 236 g/mol. The van der Waals surface area contributed by atoms with Crippen LogP contribution < -0.4 is 5.32 Å². The molecule has 0 aromatic heterocycles. The lowest BCUT2D eigenvalue weighted by atomic mass is 10.2. The van der Waals surface area contributed by atoms with Gasteiger partial charge in [-0.15, -0.1) is 0 Å². The zero-order valence-corrected chi connectivity index (χ0v) is 10.2. The molecule has 2 aliphatic rings. The maximum atomic E-state index is 11.8. The van der Waals surface area contributed by atoms with Crippen molar-refractivity contribution in [2.75, 3.05) is 13.1 Å². The second-order valence-electron chi connectivity index (χ2n) is 5.29. The van der Waals surface area contributed by atoms with Gasteiger partial charge in [-0.2, -0.15) is 5.26 Å². The molecule has 0 radical (unpaired) electrons. The molecule has 2 rings (SSSR count). The fourth-order valence-electron chi connectivity index (χ4n) is 1.97. The van der Waals surface area contributed by atoms with Crippen LogP contribution in [0.2, 0.25) is 0 Å². The number of carbonyl (C=O) groups is 1. The zero-order valence-electron chi connectivity index (χ0n) is 10.2. The van der Waals surface area contributed by atoms with Gasteiger partial charge < -0.3 is 15.0 Å². The molecule has 2 atom stereocenters. The van der Waals surface area contributed by atoms with Crippen LogP contribution in [-0.2, 0) is 4.74 Å². The van der Waals surface area contributed by atoms with Crippen molar-refractivity contribution >= 4 is 11.9 Å². The third-order valence-electron chi connectivity index (χ3n) is 2.66. The van der Waals surface area contributed by atoms with Crippen LogP contribution in [0.3, 0.4) is 0 Å². The Hall–Kier alpha value is -1.77. The molecule has 1 N–H and O–H groups in total. The van der Waals surface area contributed by atoms with Crippen LogP contribution in [0, 0.1) is 11.3 Å². The highest BCUT2D eigenvalue weighted by atomic mass is 16.6. The van der Waals surface area contributed by atoms with Crippen molar-refractivity contribution in [1.29, 1.82) is 5.26 Å². The number of likely N-dealkylation sites (tertiary alicyclic amines) is 1. The number of amides is 1. The van der Waals surface area contributed by atoms with Crippen molar-refractivity contribution < 1.29 is 9.53 Å². The van der Waals surface area contributed by atoms with Gasteiger partial charge in [0, 0.05) is 13.1 Å². The standard InChI is InChI=1S/C11H16N4O2/c1-11(2,3)17-10(16)15-5-7-8(6-15)14-9(4-12)13-7/h7-8H,5-6H2,1-3H3,(H,13,14). The number of ether oxygens (including phenoxy) is 1. The van der Waals surface area contributed by atoms with Gasteiger partial charge in [0.1, 0.15) is 11.7 Å². The first kappa shape index (κ1) is 11.7. The fourth-order valence-corrected chi connectivity index (χ4v) is 1.97. The van der Waals surface area contributed by atoms with Gasteiger partial charge in [-0.3, -0.25) is 4.99 Å². The third kappa shape index (κ3) is 2.49. The molecule has 0 saturated carbocycles. The van der Waals surface area contributed by atoms with Crippen LogP contribution >= 0.6 is 0 Å². The van der Waals surface area contributed by atoms with Gasteiger partial charge in [0.15, 0.2) is 0 Å². The lowest BCUT2D eigenvalue weighted by Gasteiger charge is -2.24. The second kappa shape index (κ2) is 3.91. The van der Waals surface area contributed by atoms with Gasteiger partial charge in [0.25, 0.3) is 0 Å². The minimum absolute atomic E-state index is 0.0165. The molecule has 92 valence electrons. The topological polar surface area (TPSA) is 77.7 Å². The lowest BCUT2D eigenvalue weighted by molar-refractivity contribution is 0.0289. The van der Waals surface area contributed by atoms with E-state index >= 15 is 0 Å². The Morgan fingerprint density at radius 1 is 1.59 bits per heavy atom. The Kier molecular flexibility index (Phi) is 2.69. The van der Waals surface area contributed by atoms with Crippen molar-refractivity contribution in [1.82, 2.24) is 10.2 Å². The molecule has 0 aromatic carbocycles. The van der Waals surface area contributed by atoms with Crippen molar-refractivity contribution in [2.24, 2.45) is 4.99 Å². The van der Waals surface area contributed by atoms with Crippen molar-refractivity contribution in [3.05, 3.63) is 0 Å². The van der Waals surface area contributed by atoms with Crippen LogP contribution in [-0.4, -0.2) is 47.6 Å². The SMILES string of the molecule is CC(C)(C)OC(=O)N1CC2N=C(C#N)NC2C1. The molecule has 2 heterocycles. The molecule has 0 aromatic rings. The first-order chi connectivity index (χ1) is 7.89. The van der Waals surface area contributed by atoms with Gasteiger partial charge in [-0.25, -0.2) is 4.79 Å². The van der Waals surface area contributed by atoms with Crippen LogP contribution in [0.1, 0.15) is 20.8 Å². The largest absolute Gasteiger partial charge is 0.444 e. The first-order valence-electron chi connectivity index (χ1n) is 5.61. The summed E-state index contributed by atoms with van der Waals surface area (Å²) in [4.78, 5) is 17.6. The number of nitrogens with zero attached hydrogens (tertiary/aromatic N) is 3. The summed E-state index contributed by atoms with van der Waals surface area (Å²) >= 11 is 0. The van der Waals surface area contributed by atoms with Crippen LogP contribution in [0.25, 0.3) is 0 Å². The van der Waals surface area contributed by atoms with Gasteiger partial charge in [-0.1, -0.05) is 0 Å². The summed E-state index contributed by atoms with van der Waals surface area (Å²) in [5.74, 6) is 0.365. The summed E-state index contributed by atoms with van der Waals surface area (Å²) in [6.07, 6.45) is -0.317. The summed E-state index contributed by atoms with van der Waals surface area (Å²) in [5, 5.41) is 11.7. The summed E-state index contributed by atoms with van der Waals surface area (Å²) < 4.78 is 5.29. The normalized spacial score (nSPS) is 26.9. The second-order valence-corrected chi connectivity index (χ2v) is 5.29. The molecule has 1 amide bonds. The van der Waals surface area contributed by atoms with Crippen LogP contribution in [0.4, 0.5) is 4.79 Å². The Labute approximate surface area is 100 Å². The average Bonchev–Trinajstić information content (AvgIpc) is 2.70. The van der Waals surface area contributed by atoms with Gasteiger partial charge in [0.2, 0.25) is 5.84 Å². The molecular weight excluding hydrogens is 220 g/mol. The van der Waals surface area contributed by atoms with Crippen LogP contribution in [0.5, 0.6) is 0 Å². The third-order valence-corrected chi connectivity index (χ3v) is 2.66. The molecule has 0 aliphatic carbocycles. The van der Waals surface area contributed by atoms with E-state index in [4.69, 9.17) is 10.00 Å². The van der Waals surface area contributed by atoms with E-state index in [1.165, 1.54) is 0 Å². The molecule has 1 saturated heterocycles. The van der Waals surface area contributed by atoms with Gasteiger partial charge in [0.05, 0.1) is 12.1 Å². The van der Waals surface area contributed by atoms with E-state index in [0.717, 1.165) is 0 Å². The number of nitriles is 1. The highest BCUT2D eigenvalue weighted by Gasteiger charge is 2.40. The van der Waals surface area contributed by atoms with E-state index in [1.807, 2.05) is 26.8 Å². The Morgan fingerprint density at radius 2 is 2.29 bits per heavy atom. The number of amidine groups is 1. The predicted octanol–water partition coefficient (Wildman–Crippen LogP) is 0.500. The predicted molar refractivity (Wildman–Crippen MR) is 61.6 cm³/mol. The Morgan fingerprint density at radius 3 is 2.82 bits per heavy atom. The quantitative estimate of drug-likeness (QED) is 0.664. The lowest BCUT2D eigenvalue weighted by Crippen LogP contribution is -2.39. The van der Waals surface area contributed by atoms with E-state index in [0.29, 0.717) is 18.9 Å². The minimum Gasteiger partial charge on any atom is -0.444 e. The van der Waals surface area contributed by atoms with E-state index in [2.05, 4.69) is 10.3 Å². The van der Waals surface area contributed by atoms with Gasteiger partial charge in [-0.05, 0) is 20.8 Å². The summed E-state index contributed by atoms with van der Waals surface area (Å²) in [6, 6.07) is 2.02. The van der Waals surface area contributed by atoms with E-state index in [1.54, 1.807) is 4.90 Å². The van der Waals surface area contributed by atoms with Crippen LogP contribution in [0.15, 0.2) is 4.99 Å². The minimum atomic E-state index is -0.483. The summed E-state index contributed by atoms with van der Waals surface area (Å²) in [7, 11) is 0. The smallest absolute Gasteiger partial charge is 0.410 e. The molecule has 6 nitrogen and oxygen atoms in total. The molecule has 17 heavy (non-hydrogen) atoms. The molecule has 0 spiro atoms. The van der Waals surface area contributed by atoms with E-state index < -0.39 is 5.60 Å². The monoisotopic (exact) mass is 236 g/mol. The molecule has 0 bridgehead atoms. The van der Waals surface area contributed by atoms with Crippen molar-refractivity contribution in [3.63, 3.8) is 0 Å². The molecule has 2 unspecified atom stereocenters. The number of fused-ring (bicyclic) bond motifs is 1. The van der Waals surface area contributed by atoms with Gasteiger partial charge >= 0.3 is 6.09 Å². The number of nitrogens with one attached hydrogen (secondary N) is 1. The summed E-state index contributed by atoms with van der Waals surface area (Å²) in [6.45, 7) is 6.57. The number of hydrogen-bond acceptors (Lipinski definition) is 5. The number of carbonyl (C=O) groups excluding carboxylic acids is 1. The van der Waals surface area contributed by atoms with E-state index in [9.17, 15) is 4.79 Å². The highest BCUT2D eigenvalue weighted by molar-refractivity contribution is 5.98. The number of hydrogen-bond donors (Lipinski definition) is 1.